The van der Waals surface area contributed by atoms with Gasteiger partial charge in [0.1, 0.15) is 23.4 Å². The molecule has 0 aromatic rings. The van der Waals surface area contributed by atoms with E-state index in [1.54, 1.807) is 23.6 Å². The number of ether oxygens (including phenoxy) is 4. The number of fused-ring (bicyclic) bond motifs is 2. The van der Waals surface area contributed by atoms with Gasteiger partial charge in [0.05, 0.1) is 11.8 Å². The van der Waals surface area contributed by atoms with Gasteiger partial charge in [0.15, 0.2) is 0 Å². The fourth-order valence-corrected chi connectivity index (χ4v) is 6.60. The molecule has 6 fully saturated rings. The Morgan fingerprint density at radius 2 is 1.00 bits per heavy atom. The second-order valence-electron chi connectivity index (χ2n) is 14.3. The van der Waals surface area contributed by atoms with Crippen molar-refractivity contribution in [2.45, 2.75) is 118 Å². The van der Waals surface area contributed by atoms with Gasteiger partial charge in [0, 0.05) is 36.0 Å². The predicted molar refractivity (Wildman–Crippen MR) is 137 cm³/mol. The van der Waals surface area contributed by atoms with Gasteiger partial charge >= 0.3 is 24.1 Å². The van der Waals surface area contributed by atoms with Crippen LogP contribution in [-0.4, -0.2) is 82.5 Å². The molecule has 4 bridgehead atoms. The third-order valence-corrected chi connectivity index (χ3v) is 8.51. The molecule has 4 saturated heterocycles. The van der Waals surface area contributed by atoms with Crippen molar-refractivity contribution in [2.75, 3.05) is 13.1 Å². The summed E-state index contributed by atoms with van der Waals surface area (Å²) in [5.74, 6) is -1.66. The number of rotatable bonds is 5. The van der Waals surface area contributed by atoms with Crippen molar-refractivity contribution in [3.8, 4) is 0 Å². The molecule has 38 heavy (non-hydrogen) atoms. The van der Waals surface area contributed by atoms with E-state index in [0.717, 1.165) is 12.8 Å². The third-order valence-electron chi connectivity index (χ3n) is 8.51. The maximum absolute atomic E-state index is 13.1. The molecule has 8 atom stereocenters. The van der Waals surface area contributed by atoms with Crippen LogP contribution >= 0.6 is 0 Å². The summed E-state index contributed by atoms with van der Waals surface area (Å²) in [4.78, 5) is 54.8. The van der Waals surface area contributed by atoms with Crippen molar-refractivity contribution in [1.82, 2.24) is 9.80 Å². The Hall–Kier alpha value is -2.52. The van der Waals surface area contributed by atoms with Crippen molar-refractivity contribution in [1.29, 1.82) is 0 Å². The van der Waals surface area contributed by atoms with E-state index in [9.17, 15) is 19.2 Å². The standard InChI is InChI=1S/C28H44N2O8/c1-15(35-21(31)19-17-11-27(19,9)13-29(17)23(33)37-25(3,4)5)16(2)36-22(32)20-18-12-28(20,10)14-30(18)24(34)38-26(6,7)8/h15-20H,11-14H2,1-10H3/t15-,16-,17-,18-,19+,20+,27-,28-/m1/s1. The second kappa shape index (κ2) is 9.01. The average Bonchev–Trinajstić information content (AvgIpc) is 3.39. The van der Waals surface area contributed by atoms with Gasteiger partial charge in [-0.15, -0.1) is 0 Å². The third kappa shape index (κ3) is 5.07. The maximum atomic E-state index is 13.1. The summed E-state index contributed by atoms with van der Waals surface area (Å²) in [6.45, 7) is 19.1. The van der Waals surface area contributed by atoms with Gasteiger partial charge in [-0.1, -0.05) is 13.8 Å². The molecule has 0 aromatic heterocycles. The molecule has 4 aliphatic heterocycles. The largest absolute Gasteiger partial charge is 0.458 e. The fourth-order valence-electron chi connectivity index (χ4n) is 6.60. The highest BCUT2D eigenvalue weighted by Gasteiger charge is 2.67. The molecule has 2 saturated carbocycles. The van der Waals surface area contributed by atoms with Crippen LogP contribution in [0.5, 0.6) is 0 Å². The normalized spacial score (nSPS) is 35.0. The molecule has 0 aromatic carbocycles. The van der Waals surface area contributed by atoms with E-state index in [1.165, 1.54) is 0 Å². The Balaban J connectivity index is 1.31. The molecule has 6 aliphatic rings. The van der Waals surface area contributed by atoms with Crippen molar-refractivity contribution >= 4 is 24.1 Å². The minimum absolute atomic E-state index is 0.253. The zero-order valence-corrected chi connectivity index (χ0v) is 24.5. The number of amides is 2. The monoisotopic (exact) mass is 536 g/mol. The summed E-state index contributed by atoms with van der Waals surface area (Å²) in [6, 6.07) is -0.506. The highest BCUT2D eigenvalue weighted by Crippen LogP contribution is 2.58. The summed E-state index contributed by atoms with van der Waals surface area (Å²) in [5.41, 5.74) is -1.95. The van der Waals surface area contributed by atoms with Crippen LogP contribution in [0.3, 0.4) is 0 Å². The predicted octanol–water partition coefficient (Wildman–Crippen LogP) is 4.14. The lowest BCUT2D eigenvalue weighted by molar-refractivity contribution is -0.180. The second-order valence-corrected chi connectivity index (χ2v) is 14.3. The van der Waals surface area contributed by atoms with E-state index >= 15 is 0 Å². The Morgan fingerprint density at radius 1 is 0.684 bits per heavy atom. The molecular weight excluding hydrogens is 492 g/mol. The number of hydrogen-bond acceptors (Lipinski definition) is 8. The van der Waals surface area contributed by atoms with Gasteiger partial charge in [-0.05, 0) is 68.2 Å². The first-order chi connectivity index (χ1) is 17.2. The smallest absolute Gasteiger partial charge is 0.410 e. The number of hydrogen-bond donors (Lipinski definition) is 0. The van der Waals surface area contributed by atoms with Crippen molar-refractivity contribution in [3.05, 3.63) is 0 Å². The number of carbonyl (C=O) groups excluding carboxylic acids is 4. The SMILES string of the molecule is C[C@@H](OC(=O)[C@@H]1[C@H]2C[C@]1(C)CN2C(=O)OC(C)(C)C)[C@@H](C)OC(=O)[C@@H]1[C@H]2C[C@]1(C)CN2C(=O)OC(C)(C)C. The molecule has 0 N–H and O–H groups in total. The van der Waals surface area contributed by atoms with Gasteiger partial charge in [-0.25, -0.2) is 9.59 Å². The van der Waals surface area contributed by atoms with Crippen LogP contribution < -0.4 is 0 Å². The van der Waals surface area contributed by atoms with Gasteiger partial charge in [0.2, 0.25) is 0 Å². The quantitative estimate of drug-likeness (QED) is 0.381. The number of nitrogens with zero attached hydrogens (tertiary/aromatic N) is 2. The first-order valence-electron chi connectivity index (χ1n) is 13.6. The Kier molecular flexibility index (Phi) is 6.76. The Morgan fingerprint density at radius 3 is 1.29 bits per heavy atom. The molecule has 4 heterocycles. The van der Waals surface area contributed by atoms with Gasteiger partial charge < -0.3 is 28.7 Å². The van der Waals surface area contributed by atoms with Crippen LogP contribution in [0.1, 0.15) is 82.1 Å². The van der Waals surface area contributed by atoms with E-state index < -0.39 is 59.4 Å². The first kappa shape index (κ1) is 28.5. The topological polar surface area (TPSA) is 112 Å². The van der Waals surface area contributed by atoms with Crippen molar-refractivity contribution < 1.29 is 38.1 Å². The molecule has 10 nitrogen and oxygen atoms in total. The van der Waals surface area contributed by atoms with E-state index in [4.69, 9.17) is 18.9 Å². The Bertz CT molecular complexity index is 935. The first-order valence-corrected chi connectivity index (χ1v) is 13.6. The van der Waals surface area contributed by atoms with E-state index in [0.29, 0.717) is 13.1 Å². The summed E-state index contributed by atoms with van der Waals surface area (Å²) in [5, 5.41) is 0. The highest BCUT2D eigenvalue weighted by atomic mass is 16.6. The van der Waals surface area contributed by atoms with Crippen LogP contribution in [0.2, 0.25) is 0 Å². The lowest BCUT2D eigenvalue weighted by Gasteiger charge is -2.43. The van der Waals surface area contributed by atoms with Crippen LogP contribution in [0.25, 0.3) is 0 Å². The minimum atomic E-state index is -0.669. The minimum Gasteiger partial charge on any atom is -0.458 e. The molecule has 2 aliphatic carbocycles. The lowest BCUT2D eigenvalue weighted by Crippen LogP contribution is -2.53. The maximum Gasteiger partial charge on any atom is 0.410 e. The summed E-state index contributed by atoms with van der Waals surface area (Å²) in [7, 11) is 0. The molecule has 10 heteroatoms. The van der Waals surface area contributed by atoms with Crippen LogP contribution in [-0.2, 0) is 28.5 Å². The molecule has 0 spiro atoms. The lowest BCUT2D eigenvalue weighted by atomic mass is 9.62. The molecular formula is C28H44N2O8. The fraction of sp³-hybridized carbons (Fsp3) is 0.857. The molecule has 6 rings (SSSR count). The van der Waals surface area contributed by atoms with Crippen LogP contribution in [0, 0.1) is 22.7 Å². The molecule has 2 amide bonds. The van der Waals surface area contributed by atoms with Gasteiger partial charge in [-0.2, -0.15) is 0 Å². The zero-order chi connectivity index (χ0) is 28.6. The molecule has 0 unspecified atom stereocenters. The highest BCUT2D eigenvalue weighted by molar-refractivity contribution is 5.81. The van der Waals surface area contributed by atoms with Crippen LogP contribution in [0.4, 0.5) is 9.59 Å². The molecule has 0 radical (unpaired) electrons. The number of carbonyl (C=O) groups is 4. The van der Waals surface area contributed by atoms with E-state index in [-0.39, 0.29) is 22.9 Å². The van der Waals surface area contributed by atoms with Crippen molar-refractivity contribution in [2.24, 2.45) is 22.7 Å². The summed E-state index contributed by atoms with van der Waals surface area (Å²) < 4.78 is 22.5. The van der Waals surface area contributed by atoms with Gasteiger partial charge in [-0.3, -0.25) is 9.59 Å². The van der Waals surface area contributed by atoms with Gasteiger partial charge in [0.25, 0.3) is 0 Å². The number of esters is 2. The summed E-state index contributed by atoms with van der Waals surface area (Å²) in [6.07, 6.45) is -0.724. The Labute approximate surface area is 225 Å². The zero-order valence-electron chi connectivity index (χ0n) is 24.5. The van der Waals surface area contributed by atoms with E-state index in [1.807, 2.05) is 55.4 Å². The summed E-state index contributed by atoms with van der Waals surface area (Å²) >= 11 is 0. The average molecular weight is 537 g/mol. The molecule has 214 valence electrons. The van der Waals surface area contributed by atoms with Crippen molar-refractivity contribution in [3.63, 3.8) is 0 Å². The van der Waals surface area contributed by atoms with Crippen LogP contribution in [0.15, 0.2) is 0 Å². The van der Waals surface area contributed by atoms with E-state index in [2.05, 4.69) is 0 Å².